The Morgan fingerprint density at radius 1 is 0.918 bits per heavy atom. The molecule has 0 spiro atoms. The highest BCUT2D eigenvalue weighted by atomic mass is 16.2. The summed E-state index contributed by atoms with van der Waals surface area (Å²) in [5.74, 6) is 0.0677. The van der Waals surface area contributed by atoms with Gasteiger partial charge in [-0.1, -0.05) is 23.4 Å². The van der Waals surface area contributed by atoms with Gasteiger partial charge in [0.1, 0.15) is 6.04 Å². The minimum Gasteiger partial charge on any atom is -0.374 e. The van der Waals surface area contributed by atoms with E-state index in [1.807, 2.05) is 62.9 Å². The lowest BCUT2D eigenvalue weighted by molar-refractivity contribution is -0.133. The van der Waals surface area contributed by atoms with Gasteiger partial charge in [-0.05, 0) is 99.8 Å². The number of aromatic nitrogens is 5. The summed E-state index contributed by atoms with van der Waals surface area (Å²) in [7, 11) is 0. The van der Waals surface area contributed by atoms with Crippen LogP contribution in [0.5, 0.6) is 0 Å². The Labute approximate surface area is 355 Å². The van der Waals surface area contributed by atoms with Gasteiger partial charge >= 0.3 is 0 Å². The van der Waals surface area contributed by atoms with Gasteiger partial charge in [-0.25, -0.2) is 14.6 Å². The maximum Gasteiger partial charge on any atom is 0.273 e. The Bertz CT molecular complexity index is 2410. The highest BCUT2D eigenvalue weighted by molar-refractivity contribution is 6.01. The molecule has 3 aliphatic rings. The normalized spacial score (nSPS) is 17.4. The second-order valence-electron chi connectivity index (χ2n) is 17.1. The molecule has 0 saturated carbocycles. The van der Waals surface area contributed by atoms with Crippen LogP contribution < -0.4 is 26.2 Å². The number of piperazine rings is 1. The number of anilines is 4. The van der Waals surface area contributed by atoms with Gasteiger partial charge in [0.2, 0.25) is 17.8 Å². The second-order valence-corrected chi connectivity index (χ2v) is 17.1. The second kappa shape index (κ2) is 17.5. The topological polar surface area (TPSA) is 183 Å². The Hall–Kier alpha value is -6.68. The molecule has 3 aromatic carbocycles. The minimum absolute atomic E-state index is 0.00842. The zero-order valence-electron chi connectivity index (χ0n) is 35.0. The number of benzene rings is 3. The maximum atomic E-state index is 13.3. The number of nitrogens with zero attached hydrogens (tertiary/aromatic N) is 8. The first kappa shape index (κ1) is 41.1. The van der Waals surface area contributed by atoms with Crippen LogP contribution in [0.15, 0.2) is 85.2 Å². The third-order valence-corrected chi connectivity index (χ3v) is 11.5. The van der Waals surface area contributed by atoms with Crippen molar-refractivity contribution in [2.24, 2.45) is 5.92 Å². The van der Waals surface area contributed by atoms with Gasteiger partial charge in [0.05, 0.1) is 17.4 Å². The summed E-state index contributed by atoms with van der Waals surface area (Å²) in [4.78, 5) is 65.7. The lowest BCUT2D eigenvalue weighted by Crippen LogP contribution is -2.56. The molecular weight excluding hydrogens is 773 g/mol. The van der Waals surface area contributed by atoms with E-state index in [1.54, 1.807) is 29.2 Å². The summed E-state index contributed by atoms with van der Waals surface area (Å²) in [6, 6.07) is 23.0. The molecule has 16 nitrogen and oxygen atoms in total. The van der Waals surface area contributed by atoms with Crippen molar-refractivity contribution in [2.75, 3.05) is 61.3 Å². The molecule has 2 aromatic heterocycles. The fourth-order valence-corrected chi connectivity index (χ4v) is 7.84. The van der Waals surface area contributed by atoms with Crippen molar-refractivity contribution >= 4 is 46.6 Å². The van der Waals surface area contributed by atoms with Crippen molar-refractivity contribution in [3.8, 4) is 11.3 Å². The van der Waals surface area contributed by atoms with E-state index in [0.717, 1.165) is 79.6 Å². The number of likely N-dealkylation sites (tertiary alicyclic amines) is 1. The van der Waals surface area contributed by atoms with Crippen molar-refractivity contribution in [1.29, 1.82) is 0 Å². The minimum atomic E-state index is -0.495. The number of imide groups is 1. The van der Waals surface area contributed by atoms with Crippen LogP contribution in [0.25, 0.3) is 11.3 Å². The third kappa shape index (κ3) is 9.86. The molecule has 1 atom stereocenters. The number of hydrogen-bond acceptors (Lipinski definition) is 12. The number of aryl methyl sites for hydroxylation is 1. The lowest BCUT2D eigenvalue weighted by atomic mass is 9.97. The molecule has 4 N–H and O–H groups in total. The first-order valence-electron chi connectivity index (χ1n) is 20.8. The molecule has 1 unspecified atom stereocenters. The van der Waals surface area contributed by atoms with E-state index >= 15 is 0 Å². The van der Waals surface area contributed by atoms with Gasteiger partial charge < -0.3 is 25.8 Å². The number of nitrogens with one attached hydrogen (secondary N) is 4. The van der Waals surface area contributed by atoms with Crippen LogP contribution in [0.3, 0.4) is 0 Å². The summed E-state index contributed by atoms with van der Waals surface area (Å²) in [5, 5.41) is 19.9. The molecule has 16 heteroatoms. The number of carbonyl (C=O) groups is 4. The average molecular weight is 825 g/mol. The van der Waals surface area contributed by atoms with Crippen LogP contribution in [-0.4, -0.2) is 110 Å². The van der Waals surface area contributed by atoms with Crippen LogP contribution >= 0.6 is 0 Å². The summed E-state index contributed by atoms with van der Waals surface area (Å²) >= 11 is 0. The monoisotopic (exact) mass is 824 g/mol. The van der Waals surface area contributed by atoms with Gasteiger partial charge in [0, 0.05) is 99.1 Å². The first-order valence-corrected chi connectivity index (χ1v) is 20.8. The zero-order chi connectivity index (χ0) is 42.7. The van der Waals surface area contributed by atoms with E-state index in [4.69, 9.17) is 4.98 Å². The predicted octanol–water partition coefficient (Wildman–Crippen LogP) is 4.58. The summed E-state index contributed by atoms with van der Waals surface area (Å²) in [6.07, 6.45) is 4.13. The first-order chi connectivity index (χ1) is 29.3. The largest absolute Gasteiger partial charge is 0.374 e. The van der Waals surface area contributed by atoms with Crippen LogP contribution in [0.4, 0.5) is 23.0 Å². The molecule has 3 fully saturated rings. The van der Waals surface area contributed by atoms with Crippen LogP contribution in [-0.2, 0) is 21.7 Å². The number of rotatable bonds is 12. The highest BCUT2D eigenvalue weighted by Crippen LogP contribution is 2.26. The Morgan fingerprint density at radius 2 is 1.70 bits per heavy atom. The Balaban J connectivity index is 0.771. The van der Waals surface area contributed by atoms with Crippen molar-refractivity contribution in [3.05, 3.63) is 108 Å². The SMILES string of the molecule is Cc1cc(-c2ccnc(Nc3ccc(N4CCN(CC5CN(C(=O)c6cccc(NC7CCC(=O)NC7=O)c6)C5)CC4)cc3)n2)ccc1CNC(=O)c1cn(C(C)(C)C)nn1. The molecule has 61 heavy (non-hydrogen) atoms. The van der Waals surface area contributed by atoms with Gasteiger partial charge in [0.25, 0.3) is 11.8 Å². The Kier molecular flexibility index (Phi) is 11.8. The summed E-state index contributed by atoms with van der Waals surface area (Å²) < 4.78 is 1.68. The van der Waals surface area contributed by atoms with Crippen molar-refractivity contribution in [1.82, 2.24) is 45.4 Å². The molecule has 3 aliphatic heterocycles. The number of hydrogen-bond donors (Lipinski definition) is 4. The van der Waals surface area contributed by atoms with Crippen molar-refractivity contribution < 1.29 is 19.2 Å². The van der Waals surface area contributed by atoms with Gasteiger partial charge in [0.15, 0.2) is 5.69 Å². The quantitative estimate of drug-likeness (QED) is 0.129. The fraction of sp³-hybridized carbons (Fsp3) is 0.378. The highest BCUT2D eigenvalue weighted by Gasteiger charge is 2.33. The van der Waals surface area contributed by atoms with E-state index in [1.165, 1.54) is 0 Å². The smallest absolute Gasteiger partial charge is 0.273 e. The fourth-order valence-electron chi connectivity index (χ4n) is 7.84. The molecule has 8 rings (SSSR count). The average Bonchev–Trinajstić information content (AvgIpc) is 3.75. The van der Waals surface area contributed by atoms with E-state index in [-0.39, 0.29) is 34.9 Å². The molecule has 0 aliphatic carbocycles. The predicted molar refractivity (Wildman–Crippen MR) is 232 cm³/mol. The molecule has 3 saturated heterocycles. The Morgan fingerprint density at radius 3 is 2.43 bits per heavy atom. The van der Waals surface area contributed by atoms with E-state index in [2.05, 4.69) is 76.7 Å². The molecule has 0 bridgehead atoms. The third-order valence-electron chi connectivity index (χ3n) is 11.5. The van der Waals surface area contributed by atoms with Crippen LogP contribution in [0.2, 0.25) is 0 Å². The van der Waals surface area contributed by atoms with Gasteiger partial charge in [-0.3, -0.25) is 29.4 Å². The molecule has 5 heterocycles. The molecule has 316 valence electrons. The van der Waals surface area contributed by atoms with Crippen LogP contribution in [0.1, 0.15) is 65.6 Å². The lowest BCUT2D eigenvalue weighted by Gasteiger charge is -2.44. The van der Waals surface area contributed by atoms with Gasteiger partial charge in [-0.2, -0.15) is 0 Å². The number of amides is 4. The van der Waals surface area contributed by atoms with E-state index in [9.17, 15) is 19.2 Å². The van der Waals surface area contributed by atoms with E-state index in [0.29, 0.717) is 42.5 Å². The number of piperidine rings is 1. The molecule has 5 aromatic rings. The van der Waals surface area contributed by atoms with Crippen molar-refractivity contribution in [3.63, 3.8) is 0 Å². The standard InChI is InChI=1S/C45H52N12O4/c1-29-22-31(8-9-33(29)24-47-41(59)39-28-57(53-52-39)45(2,3)4)37-16-17-46-44(50-37)49-34-10-12-36(13-11-34)55-20-18-54(19-21-55)25-30-26-56(27-30)43(61)32-6-5-7-35(23-32)48-38-14-15-40(58)51-42(38)60/h5-13,16-17,22-23,28,30,38,48H,14-15,18-21,24-27H2,1-4H3,(H,47,59)(H,46,49,50)(H,51,58,60). The molecular formula is C45H52N12O4. The molecule has 0 radical (unpaired) electrons. The van der Waals surface area contributed by atoms with Crippen molar-refractivity contribution in [2.45, 2.75) is 58.7 Å². The zero-order valence-corrected chi connectivity index (χ0v) is 35.0. The molecule has 4 amide bonds. The van der Waals surface area contributed by atoms with Crippen LogP contribution in [0, 0.1) is 12.8 Å². The van der Waals surface area contributed by atoms with Gasteiger partial charge in [-0.15, -0.1) is 5.10 Å². The maximum absolute atomic E-state index is 13.3. The summed E-state index contributed by atoms with van der Waals surface area (Å²) in [5.41, 5.74) is 7.14. The number of carbonyl (C=O) groups excluding carboxylic acids is 4. The summed E-state index contributed by atoms with van der Waals surface area (Å²) in [6.45, 7) is 14.6. The van der Waals surface area contributed by atoms with E-state index < -0.39 is 6.04 Å².